The molecule has 0 bridgehead atoms. The topological polar surface area (TPSA) is 37.6 Å². The van der Waals surface area contributed by atoms with Crippen LogP contribution in [0.2, 0.25) is 0 Å². The molecule has 1 aromatic carbocycles. The largest absolute Gasteiger partial charge is 0.294 e. The summed E-state index contributed by atoms with van der Waals surface area (Å²) < 4.78 is 1.88. The average Bonchev–Trinajstić information content (AvgIpc) is 3.11. The average molecular weight is 359 g/mol. The first-order valence-electron chi connectivity index (χ1n) is 9.73. The Hall–Kier alpha value is -2.72. The zero-order valence-electron chi connectivity index (χ0n) is 15.7. The van der Waals surface area contributed by atoms with Gasteiger partial charge in [0.05, 0.1) is 11.6 Å². The minimum Gasteiger partial charge on any atom is -0.294 e. The quantitative estimate of drug-likeness (QED) is 0.631. The van der Waals surface area contributed by atoms with Gasteiger partial charge in [-0.15, -0.1) is 0 Å². The molecular weight excluding hydrogens is 334 g/mol. The molecule has 1 unspecified atom stereocenters. The Morgan fingerprint density at radius 3 is 2.56 bits per heavy atom. The molecule has 0 aliphatic carbocycles. The summed E-state index contributed by atoms with van der Waals surface area (Å²) in [4.78, 5) is 15.1. The first-order valence-corrected chi connectivity index (χ1v) is 9.73. The number of fused-ring (bicyclic) bond motifs is 1. The lowest BCUT2D eigenvalue weighted by Gasteiger charge is -2.30. The van der Waals surface area contributed by atoms with Crippen LogP contribution in [-0.4, -0.2) is 39.4 Å². The maximum Gasteiger partial charge on any atom is 0.172 e. The molecule has 2 aromatic heterocycles. The van der Waals surface area contributed by atoms with E-state index in [0.717, 1.165) is 35.4 Å². The van der Waals surface area contributed by atoms with Gasteiger partial charge < -0.3 is 0 Å². The number of benzene rings is 1. The first-order chi connectivity index (χ1) is 13.2. The zero-order valence-corrected chi connectivity index (χ0v) is 15.7. The van der Waals surface area contributed by atoms with Gasteiger partial charge in [-0.25, -0.2) is 4.52 Å². The van der Waals surface area contributed by atoms with Crippen LogP contribution in [0, 0.1) is 0 Å². The Balaban J connectivity index is 1.66. The van der Waals surface area contributed by atoms with Gasteiger partial charge in [0.15, 0.2) is 5.78 Å². The van der Waals surface area contributed by atoms with Crippen molar-refractivity contribution in [1.29, 1.82) is 0 Å². The monoisotopic (exact) mass is 359 g/mol. The van der Waals surface area contributed by atoms with Gasteiger partial charge >= 0.3 is 0 Å². The summed E-state index contributed by atoms with van der Waals surface area (Å²) in [6.07, 6.45) is 9.26. The van der Waals surface area contributed by atoms with E-state index in [-0.39, 0.29) is 11.8 Å². The fourth-order valence-corrected chi connectivity index (χ4v) is 3.78. The van der Waals surface area contributed by atoms with E-state index < -0.39 is 0 Å². The van der Waals surface area contributed by atoms with Crippen LogP contribution in [0.15, 0.2) is 60.8 Å². The first kappa shape index (κ1) is 17.7. The smallest absolute Gasteiger partial charge is 0.172 e. The van der Waals surface area contributed by atoms with Crippen LogP contribution in [0.1, 0.15) is 31.7 Å². The molecule has 3 aromatic rings. The van der Waals surface area contributed by atoms with Crippen molar-refractivity contribution in [2.45, 2.75) is 32.2 Å². The van der Waals surface area contributed by atoms with Gasteiger partial charge in [-0.1, -0.05) is 42.8 Å². The van der Waals surface area contributed by atoms with Crippen LogP contribution in [-0.2, 0) is 4.79 Å². The van der Waals surface area contributed by atoms with E-state index in [1.54, 1.807) is 6.08 Å². The van der Waals surface area contributed by atoms with E-state index in [4.69, 9.17) is 5.10 Å². The van der Waals surface area contributed by atoms with Crippen molar-refractivity contribution in [3.05, 3.63) is 66.4 Å². The maximum atomic E-state index is 12.8. The van der Waals surface area contributed by atoms with Crippen LogP contribution in [0.5, 0.6) is 0 Å². The minimum atomic E-state index is -0.0661. The van der Waals surface area contributed by atoms with E-state index >= 15 is 0 Å². The molecule has 1 atom stereocenters. The van der Waals surface area contributed by atoms with Crippen molar-refractivity contribution in [1.82, 2.24) is 14.5 Å². The molecule has 1 saturated heterocycles. The van der Waals surface area contributed by atoms with Crippen molar-refractivity contribution >= 4 is 17.4 Å². The van der Waals surface area contributed by atoms with Crippen LogP contribution < -0.4 is 0 Å². The predicted molar refractivity (Wildman–Crippen MR) is 110 cm³/mol. The third kappa shape index (κ3) is 3.71. The number of hydrogen-bond donors (Lipinski definition) is 0. The number of carbonyl (C=O) groups excluding carboxylic acids is 1. The lowest BCUT2D eigenvalue weighted by atomic mass is 10.0. The SMILES string of the molecule is CC(C(=O)/C=C/c1c(-c2ccccc2)nn2ccccc12)N1CCCCC1. The van der Waals surface area contributed by atoms with Gasteiger partial charge in [-0.3, -0.25) is 9.69 Å². The zero-order chi connectivity index (χ0) is 18.6. The van der Waals surface area contributed by atoms with Gasteiger partial charge in [0.2, 0.25) is 0 Å². The normalized spacial score (nSPS) is 16.8. The molecule has 4 nitrogen and oxygen atoms in total. The second-order valence-corrected chi connectivity index (χ2v) is 7.17. The maximum absolute atomic E-state index is 12.8. The highest BCUT2D eigenvalue weighted by Gasteiger charge is 2.21. The fourth-order valence-electron chi connectivity index (χ4n) is 3.78. The Bertz CT molecular complexity index is 952. The fraction of sp³-hybridized carbons (Fsp3) is 0.304. The summed E-state index contributed by atoms with van der Waals surface area (Å²) in [7, 11) is 0. The van der Waals surface area contributed by atoms with E-state index in [1.807, 2.05) is 60.1 Å². The van der Waals surface area contributed by atoms with Crippen LogP contribution in [0.4, 0.5) is 0 Å². The Kier molecular flexibility index (Phi) is 5.16. The molecule has 4 heteroatoms. The summed E-state index contributed by atoms with van der Waals surface area (Å²) in [5.41, 5.74) is 3.95. The molecule has 0 saturated carbocycles. The Morgan fingerprint density at radius 2 is 1.78 bits per heavy atom. The molecule has 1 aliphatic heterocycles. The number of pyridine rings is 1. The number of aromatic nitrogens is 2. The molecule has 0 amide bonds. The summed E-state index contributed by atoms with van der Waals surface area (Å²) in [6, 6.07) is 16.1. The number of piperidine rings is 1. The third-order valence-corrected chi connectivity index (χ3v) is 5.39. The van der Waals surface area contributed by atoms with Crippen molar-refractivity contribution in [2.75, 3.05) is 13.1 Å². The third-order valence-electron chi connectivity index (χ3n) is 5.39. The lowest BCUT2D eigenvalue weighted by molar-refractivity contribution is -0.119. The summed E-state index contributed by atoms with van der Waals surface area (Å²) in [5, 5.41) is 4.74. The molecule has 27 heavy (non-hydrogen) atoms. The van der Waals surface area contributed by atoms with E-state index in [1.165, 1.54) is 19.3 Å². The summed E-state index contributed by atoms with van der Waals surface area (Å²) in [5.74, 6) is 0.159. The van der Waals surface area contributed by atoms with Crippen LogP contribution in [0.3, 0.4) is 0 Å². The summed E-state index contributed by atoms with van der Waals surface area (Å²) >= 11 is 0. The van der Waals surface area contributed by atoms with Crippen molar-refractivity contribution in [3.63, 3.8) is 0 Å². The number of carbonyl (C=O) groups is 1. The lowest BCUT2D eigenvalue weighted by Crippen LogP contribution is -2.41. The van der Waals surface area contributed by atoms with E-state index in [0.29, 0.717) is 0 Å². The number of rotatable bonds is 5. The molecule has 138 valence electrons. The van der Waals surface area contributed by atoms with Crippen molar-refractivity contribution in [3.8, 4) is 11.3 Å². The minimum absolute atomic E-state index is 0.0661. The van der Waals surface area contributed by atoms with Gasteiger partial charge in [-0.2, -0.15) is 5.10 Å². The number of ketones is 1. The van der Waals surface area contributed by atoms with Gasteiger partial charge in [0, 0.05) is 17.3 Å². The molecular formula is C23H25N3O. The number of nitrogens with zero attached hydrogens (tertiary/aromatic N) is 3. The summed E-state index contributed by atoms with van der Waals surface area (Å²) in [6.45, 7) is 4.06. The standard InChI is InChI=1S/C23H25N3O/c1-18(25-15-7-3-8-16-25)22(27)14-13-20-21-12-6-9-17-26(21)24-23(20)19-10-4-2-5-11-19/h2,4-6,9-14,17-18H,3,7-8,15-16H2,1H3/b14-13+. The highest BCUT2D eigenvalue weighted by atomic mass is 16.1. The van der Waals surface area contributed by atoms with Gasteiger partial charge in [0.1, 0.15) is 5.69 Å². The van der Waals surface area contributed by atoms with Crippen LogP contribution >= 0.6 is 0 Å². The molecule has 0 spiro atoms. The van der Waals surface area contributed by atoms with Crippen molar-refractivity contribution in [2.24, 2.45) is 0 Å². The van der Waals surface area contributed by atoms with Gasteiger partial charge in [-0.05, 0) is 57.1 Å². The molecule has 4 rings (SSSR count). The van der Waals surface area contributed by atoms with E-state index in [2.05, 4.69) is 17.0 Å². The molecule has 1 fully saturated rings. The number of likely N-dealkylation sites (tertiary alicyclic amines) is 1. The highest BCUT2D eigenvalue weighted by molar-refractivity contribution is 5.99. The van der Waals surface area contributed by atoms with Gasteiger partial charge in [0.25, 0.3) is 0 Å². The molecule has 0 radical (unpaired) electrons. The molecule has 1 aliphatic rings. The Labute approximate surface area is 160 Å². The molecule has 3 heterocycles. The molecule has 0 N–H and O–H groups in total. The predicted octanol–water partition coefficient (Wildman–Crippen LogP) is 4.46. The van der Waals surface area contributed by atoms with Crippen LogP contribution in [0.25, 0.3) is 22.9 Å². The van der Waals surface area contributed by atoms with E-state index in [9.17, 15) is 4.79 Å². The highest BCUT2D eigenvalue weighted by Crippen LogP contribution is 2.27. The number of hydrogen-bond acceptors (Lipinski definition) is 3. The van der Waals surface area contributed by atoms with Crippen molar-refractivity contribution < 1.29 is 4.79 Å². The second kappa shape index (κ2) is 7.89. The Morgan fingerprint density at radius 1 is 1.04 bits per heavy atom. The second-order valence-electron chi connectivity index (χ2n) is 7.17.